The lowest BCUT2D eigenvalue weighted by Gasteiger charge is -2.11. The molecule has 0 unspecified atom stereocenters. The standard InChI is InChI=1S/C22H24N4O2/c1-15(2)23-22(27)20-13-21(25-16(3)24-20)26-18-9-11-19(12-10-18)28-14-17-7-5-4-6-8-17/h4-13,15H,14H2,1-3H3,(H,23,27)(H,24,25,26). The van der Waals surface area contributed by atoms with E-state index in [1.165, 1.54) is 0 Å². The van der Waals surface area contributed by atoms with Crippen LogP contribution in [0, 0.1) is 6.92 Å². The van der Waals surface area contributed by atoms with E-state index < -0.39 is 0 Å². The summed E-state index contributed by atoms with van der Waals surface area (Å²) in [6, 6.07) is 19.3. The maximum Gasteiger partial charge on any atom is 0.270 e. The molecule has 1 amide bonds. The topological polar surface area (TPSA) is 76.1 Å². The first kappa shape index (κ1) is 19.4. The van der Waals surface area contributed by atoms with Gasteiger partial charge in [0, 0.05) is 17.8 Å². The largest absolute Gasteiger partial charge is 0.489 e. The minimum atomic E-state index is -0.215. The van der Waals surface area contributed by atoms with Crippen molar-refractivity contribution in [3.8, 4) is 5.75 Å². The Morgan fingerprint density at radius 2 is 1.75 bits per heavy atom. The first-order valence-corrected chi connectivity index (χ1v) is 9.20. The van der Waals surface area contributed by atoms with Gasteiger partial charge in [-0.3, -0.25) is 4.79 Å². The molecule has 3 aromatic rings. The molecular weight excluding hydrogens is 352 g/mol. The van der Waals surface area contributed by atoms with Gasteiger partial charge in [-0.15, -0.1) is 0 Å². The van der Waals surface area contributed by atoms with E-state index in [1.54, 1.807) is 13.0 Å². The third-order valence-electron chi connectivity index (χ3n) is 3.87. The van der Waals surface area contributed by atoms with Crippen molar-refractivity contribution in [1.82, 2.24) is 15.3 Å². The van der Waals surface area contributed by atoms with Gasteiger partial charge in [0.1, 0.15) is 29.7 Å². The molecule has 0 fully saturated rings. The number of anilines is 2. The minimum absolute atomic E-state index is 0.0441. The van der Waals surface area contributed by atoms with Crippen molar-refractivity contribution in [1.29, 1.82) is 0 Å². The summed E-state index contributed by atoms with van der Waals surface area (Å²) in [7, 11) is 0. The highest BCUT2D eigenvalue weighted by molar-refractivity contribution is 5.93. The number of hydrogen-bond acceptors (Lipinski definition) is 5. The van der Waals surface area contributed by atoms with Gasteiger partial charge in [0.25, 0.3) is 5.91 Å². The maximum absolute atomic E-state index is 12.2. The Bertz CT molecular complexity index is 925. The molecule has 0 saturated carbocycles. The Hall–Kier alpha value is -3.41. The smallest absolute Gasteiger partial charge is 0.270 e. The molecular formula is C22H24N4O2. The predicted octanol–water partition coefficient (Wildman–Crippen LogP) is 4.25. The summed E-state index contributed by atoms with van der Waals surface area (Å²) in [5.41, 5.74) is 2.31. The van der Waals surface area contributed by atoms with Crippen LogP contribution in [0.1, 0.15) is 35.7 Å². The SMILES string of the molecule is Cc1nc(Nc2ccc(OCc3ccccc3)cc2)cc(C(=O)NC(C)C)n1. The van der Waals surface area contributed by atoms with Crippen LogP contribution in [0.5, 0.6) is 5.75 Å². The molecule has 1 aromatic heterocycles. The number of rotatable bonds is 7. The zero-order chi connectivity index (χ0) is 19.9. The van der Waals surface area contributed by atoms with Crippen LogP contribution in [0.2, 0.25) is 0 Å². The van der Waals surface area contributed by atoms with Crippen LogP contribution in [-0.4, -0.2) is 21.9 Å². The highest BCUT2D eigenvalue weighted by atomic mass is 16.5. The Labute approximate surface area is 165 Å². The summed E-state index contributed by atoms with van der Waals surface area (Å²) in [5.74, 6) is 1.67. The number of aryl methyl sites for hydroxylation is 1. The minimum Gasteiger partial charge on any atom is -0.489 e. The summed E-state index contributed by atoms with van der Waals surface area (Å²) in [5, 5.41) is 6.05. The molecule has 2 aromatic carbocycles. The van der Waals surface area contributed by atoms with Crippen LogP contribution >= 0.6 is 0 Å². The molecule has 144 valence electrons. The molecule has 0 aliphatic carbocycles. The molecule has 6 heteroatoms. The molecule has 3 rings (SSSR count). The van der Waals surface area contributed by atoms with E-state index in [4.69, 9.17) is 4.74 Å². The number of carbonyl (C=O) groups is 1. The molecule has 0 radical (unpaired) electrons. The summed E-state index contributed by atoms with van der Waals surface area (Å²) in [4.78, 5) is 20.8. The van der Waals surface area contributed by atoms with Crippen LogP contribution in [0.4, 0.5) is 11.5 Å². The molecule has 1 heterocycles. The zero-order valence-corrected chi connectivity index (χ0v) is 16.3. The highest BCUT2D eigenvalue weighted by Crippen LogP contribution is 2.20. The lowest BCUT2D eigenvalue weighted by molar-refractivity contribution is 0.0937. The van der Waals surface area contributed by atoms with E-state index in [0.29, 0.717) is 23.9 Å². The molecule has 28 heavy (non-hydrogen) atoms. The van der Waals surface area contributed by atoms with Gasteiger partial charge in [0.2, 0.25) is 0 Å². The van der Waals surface area contributed by atoms with Gasteiger partial charge in [-0.2, -0.15) is 0 Å². The zero-order valence-electron chi connectivity index (χ0n) is 16.3. The van der Waals surface area contributed by atoms with Crippen molar-refractivity contribution >= 4 is 17.4 Å². The van der Waals surface area contributed by atoms with E-state index in [1.807, 2.05) is 68.4 Å². The second-order valence-electron chi connectivity index (χ2n) is 6.74. The maximum atomic E-state index is 12.2. The number of hydrogen-bond donors (Lipinski definition) is 2. The van der Waals surface area contributed by atoms with Gasteiger partial charge in [-0.05, 0) is 50.6 Å². The molecule has 0 bridgehead atoms. The molecule has 0 aliphatic rings. The van der Waals surface area contributed by atoms with E-state index >= 15 is 0 Å². The fourth-order valence-corrected chi connectivity index (χ4v) is 2.61. The normalized spacial score (nSPS) is 10.6. The van der Waals surface area contributed by atoms with E-state index in [-0.39, 0.29) is 11.9 Å². The summed E-state index contributed by atoms with van der Waals surface area (Å²) < 4.78 is 5.80. The fourth-order valence-electron chi connectivity index (χ4n) is 2.61. The van der Waals surface area contributed by atoms with Crippen LogP contribution in [0.25, 0.3) is 0 Å². The second-order valence-corrected chi connectivity index (χ2v) is 6.74. The molecule has 0 atom stereocenters. The number of nitrogens with zero attached hydrogens (tertiary/aromatic N) is 2. The number of amides is 1. The Balaban J connectivity index is 1.65. The van der Waals surface area contributed by atoms with Crippen molar-refractivity contribution in [3.63, 3.8) is 0 Å². The monoisotopic (exact) mass is 376 g/mol. The van der Waals surface area contributed by atoms with E-state index in [9.17, 15) is 4.79 Å². The van der Waals surface area contributed by atoms with Crippen LogP contribution in [0.3, 0.4) is 0 Å². The van der Waals surface area contributed by atoms with Gasteiger partial charge >= 0.3 is 0 Å². The Kier molecular flexibility index (Phi) is 6.22. The molecule has 2 N–H and O–H groups in total. The average Bonchev–Trinajstić information content (AvgIpc) is 2.67. The first-order valence-electron chi connectivity index (χ1n) is 9.20. The molecule has 6 nitrogen and oxygen atoms in total. The second kappa shape index (κ2) is 8.99. The van der Waals surface area contributed by atoms with Gasteiger partial charge in [-0.25, -0.2) is 9.97 Å². The van der Waals surface area contributed by atoms with Gasteiger partial charge in [-0.1, -0.05) is 30.3 Å². The lowest BCUT2D eigenvalue weighted by atomic mass is 10.2. The van der Waals surface area contributed by atoms with Crippen molar-refractivity contribution in [2.24, 2.45) is 0 Å². The quantitative estimate of drug-likeness (QED) is 0.645. The van der Waals surface area contributed by atoms with Crippen LogP contribution < -0.4 is 15.4 Å². The Morgan fingerprint density at radius 1 is 1.04 bits per heavy atom. The van der Waals surface area contributed by atoms with Crippen LogP contribution in [-0.2, 0) is 6.61 Å². The van der Waals surface area contributed by atoms with E-state index in [2.05, 4.69) is 20.6 Å². The number of aromatic nitrogens is 2. The summed E-state index contributed by atoms with van der Waals surface area (Å²) in [6.45, 7) is 6.10. The number of nitrogens with one attached hydrogen (secondary N) is 2. The fraction of sp³-hybridized carbons (Fsp3) is 0.227. The highest BCUT2D eigenvalue weighted by Gasteiger charge is 2.11. The third-order valence-corrected chi connectivity index (χ3v) is 3.87. The predicted molar refractivity (Wildman–Crippen MR) is 110 cm³/mol. The van der Waals surface area contributed by atoms with Crippen molar-refractivity contribution in [2.75, 3.05) is 5.32 Å². The van der Waals surface area contributed by atoms with E-state index in [0.717, 1.165) is 17.0 Å². The summed E-state index contributed by atoms with van der Waals surface area (Å²) in [6.07, 6.45) is 0. The van der Waals surface area contributed by atoms with Gasteiger partial charge in [0.15, 0.2) is 0 Å². The number of carbonyl (C=O) groups excluding carboxylic acids is 1. The van der Waals surface area contributed by atoms with Crippen molar-refractivity contribution in [3.05, 3.63) is 77.7 Å². The molecule has 0 aliphatic heterocycles. The lowest BCUT2D eigenvalue weighted by Crippen LogP contribution is -2.31. The van der Waals surface area contributed by atoms with Gasteiger partial charge < -0.3 is 15.4 Å². The average molecular weight is 376 g/mol. The molecule has 0 saturated heterocycles. The first-order chi connectivity index (χ1) is 13.5. The summed E-state index contributed by atoms with van der Waals surface area (Å²) >= 11 is 0. The number of ether oxygens (including phenoxy) is 1. The van der Waals surface area contributed by atoms with Crippen molar-refractivity contribution in [2.45, 2.75) is 33.4 Å². The van der Waals surface area contributed by atoms with Crippen LogP contribution in [0.15, 0.2) is 60.7 Å². The third kappa shape index (κ3) is 5.54. The van der Waals surface area contributed by atoms with Gasteiger partial charge in [0.05, 0.1) is 0 Å². The Morgan fingerprint density at radius 3 is 2.43 bits per heavy atom. The van der Waals surface area contributed by atoms with Crippen molar-refractivity contribution < 1.29 is 9.53 Å². The molecule has 0 spiro atoms. The number of benzene rings is 2.